The van der Waals surface area contributed by atoms with Crippen molar-refractivity contribution in [3.05, 3.63) is 35.6 Å². The first-order valence-electron chi connectivity index (χ1n) is 8.42. The zero-order chi connectivity index (χ0) is 17.5. The van der Waals surface area contributed by atoms with Gasteiger partial charge in [-0.25, -0.2) is 4.39 Å². The summed E-state index contributed by atoms with van der Waals surface area (Å²) in [6.45, 7) is 1.94. The van der Waals surface area contributed by atoms with Gasteiger partial charge < -0.3 is 15.5 Å². The molecule has 24 heavy (non-hydrogen) atoms. The van der Waals surface area contributed by atoms with E-state index in [1.807, 2.05) is 14.1 Å². The van der Waals surface area contributed by atoms with Gasteiger partial charge in [0.25, 0.3) is 0 Å². The van der Waals surface area contributed by atoms with Crippen LogP contribution < -0.4 is 10.6 Å². The summed E-state index contributed by atoms with van der Waals surface area (Å²) in [4.78, 5) is 26.0. The molecule has 6 heteroatoms. The summed E-state index contributed by atoms with van der Waals surface area (Å²) >= 11 is 0. The van der Waals surface area contributed by atoms with Gasteiger partial charge in [-0.15, -0.1) is 0 Å². The number of nitrogens with one attached hydrogen (secondary N) is 2. The Morgan fingerprint density at radius 3 is 2.38 bits per heavy atom. The van der Waals surface area contributed by atoms with Crippen molar-refractivity contribution in [3.8, 4) is 0 Å². The third-order valence-corrected chi connectivity index (χ3v) is 4.20. The maximum atomic E-state index is 13.5. The van der Waals surface area contributed by atoms with Crippen molar-refractivity contribution in [2.24, 2.45) is 11.8 Å². The Balaban J connectivity index is 1.62. The molecule has 0 bridgehead atoms. The van der Waals surface area contributed by atoms with Crippen molar-refractivity contribution in [1.29, 1.82) is 0 Å². The molecule has 2 unspecified atom stereocenters. The van der Waals surface area contributed by atoms with Crippen LogP contribution in [0.25, 0.3) is 0 Å². The normalized spacial score (nSPS) is 19.2. The van der Waals surface area contributed by atoms with Crippen molar-refractivity contribution in [2.45, 2.75) is 19.3 Å². The van der Waals surface area contributed by atoms with E-state index in [0.717, 1.165) is 13.0 Å². The highest BCUT2D eigenvalue weighted by molar-refractivity contribution is 5.92. The minimum Gasteiger partial charge on any atom is -0.356 e. The minimum absolute atomic E-state index is 0.0389. The Labute approximate surface area is 142 Å². The van der Waals surface area contributed by atoms with Crippen LogP contribution in [0.1, 0.15) is 18.4 Å². The maximum absolute atomic E-state index is 13.5. The van der Waals surface area contributed by atoms with Crippen molar-refractivity contribution in [2.75, 3.05) is 33.7 Å². The predicted octanol–water partition coefficient (Wildman–Crippen LogP) is 1.19. The fourth-order valence-corrected chi connectivity index (χ4v) is 2.67. The van der Waals surface area contributed by atoms with Crippen molar-refractivity contribution in [3.63, 3.8) is 0 Å². The number of carbonyl (C=O) groups is 2. The van der Waals surface area contributed by atoms with E-state index in [1.165, 1.54) is 6.07 Å². The van der Waals surface area contributed by atoms with Gasteiger partial charge in [0.2, 0.25) is 11.8 Å². The van der Waals surface area contributed by atoms with Crippen LogP contribution in [0.15, 0.2) is 24.3 Å². The van der Waals surface area contributed by atoms with E-state index in [4.69, 9.17) is 0 Å². The van der Waals surface area contributed by atoms with Crippen LogP contribution in [0.4, 0.5) is 4.39 Å². The van der Waals surface area contributed by atoms with Crippen molar-refractivity contribution >= 4 is 11.8 Å². The molecule has 1 aliphatic carbocycles. The van der Waals surface area contributed by atoms with Gasteiger partial charge in [-0.1, -0.05) is 18.2 Å². The number of hydrogen-bond acceptors (Lipinski definition) is 3. The second kappa shape index (κ2) is 8.78. The van der Waals surface area contributed by atoms with E-state index in [0.29, 0.717) is 31.5 Å². The highest BCUT2D eigenvalue weighted by Gasteiger charge is 2.47. The summed E-state index contributed by atoms with van der Waals surface area (Å²) in [5.41, 5.74) is 0.587. The van der Waals surface area contributed by atoms with Gasteiger partial charge in [-0.05, 0) is 51.5 Å². The van der Waals surface area contributed by atoms with Crippen LogP contribution in [0.2, 0.25) is 0 Å². The topological polar surface area (TPSA) is 61.4 Å². The van der Waals surface area contributed by atoms with Crippen molar-refractivity contribution < 1.29 is 14.0 Å². The van der Waals surface area contributed by atoms with E-state index in [9.17, 15) is 14.0 Å². The van der Waals surface area contributed by atoms with E-state index >= 15 is 0 Å². The van der Waals surface area contributed by atoms with Crippen LogP contribution >= 0.6 is 0 Å². The van der Waals surface area contributed by atoms with Crippen LogP contribution in [0.5, 0.6) is 0 Å². The molecule has 2 N–H and O–H groups in total. The number of benzene rings is 1. The summed E-state index contributed by atoms with van der Waals surface area (Å²) in [7, 11) is 3.98. The molecule has 0 heterocycles. The van der Waals surface area contributed by atoms with Gasteiger partial charge >= 0.3 is 0 Å². The number of carbonyl (C=O) groups excluding carboxylic acids is 2. The Kier molecular flexibility index (Phi) is 6.73. The van der Waals surface area contributed by atoms with Crippen LogP contribution in [0, 0.1) is 17.7 Å². The standard InChI is InChI=1S/C18H26FN3O2/c1-22(2)11-5-9-20-17(23)14-12-15(14)18(24)21-10-8-13-6-3-4-7-16(13)19/h3-4,6-7,14-15H,5,8-12H2,1-2H3,(H,20,23)(H,21,24). The smallest absolute Gasteiger partial charge is 0.223 e. The van der Waals surface area contributed by atoms with E-state index in [1.54, 1.807) is 18.2 Å². The van der Waals surface area contributed by atoms with Crippen LogP contribution in [0.3, 0.4) is 0 Å². The van der Waals surface area contributed by atoms with E-state index < -0.39 is 0 Å². The minimum atomic E-state index is -0.256. The molecule has 2 atom stereocenters. The van der Waals surface area contributed by atoms with Gasteiger partial charge in [-0.2, -0.15) is 0 Å². The lowest BCUT2D eigenvalue weighted by atomic mass is 10.1. The molecule has 0 radical (unpaired) electrons. The molecule has 1 aliphatic rings. The third kappa shape index (κ3) is 5.60. The summed E-state index contributed by atoms with van der Waals surface area (Å²) in [5, 5.41) is 5.67. The first kappa shape index (κ1) is 18.4. The molecule has 0 spiro atoms. The highest BCUT2D eigenvalue weighted by atomic mass is 19.1. The van der Waals surface area contributed by atoms with Gasteiger partial charge in [0.1, 0.15) is 5.82 Å². The second-order valence-corrected chi connectivity index (χ2v) is 6.53. The molecule has 0 aromatic heterocycles. The molecular formula is C18H26FN3O2. The SMILES string of the molecule is CN(C)CCCNC(=O)C1CC1C(=O)NCCc1ccccc1F. The zero-order valence-electron chi connectivity index (χ0n) is 14.3. The molecule has 0 aliphatic heterocycles. The molecule has 0 saturated heterocycles. The first-order chi connectivity index (χ1) is 11.5. The lowest BCUT2D eigenvalue weighted by molar-refractivity contribution is -0.127. The summed E-state index contributed by atoms with van der Waals surface area (Å²) < 4.78 is 13.5. The Hall–Kier alpha value is -1.95. The molecule has 2 amide bonds. The average molecular weight is 335 g/mol. The van der Waals surface area contributed by atoms with Gasteiger partial charge in [0, 0.05) is 13.1 Å². The fraction of sp³-hybridized carbons (Fsp3) is 0.556. The first-order valence-corrected chi connectivity index (χ1v) is 8.42. The van der Waals surface area contributed by atoms with Gasteiger partial charge in [0.05, 0.1) is 11.8 Å². The number of amides is 2. The predicted molar refractivity (Wildman–Crippen MR) is 90.9 cm³/mol. The Bertz CT molecular complexity index is 577. The van der Waals surface area contributed by atoms with Crippen LogP contribution in [-0.2, 0) is 16.0 Å². The molecule has 1 saturated carbocycles. The number of hydrogen-bond donors (Lipinski definition) is 2. The number of rotatable bonds is 9. The molecule has 1 aromatic carbocycles. The highest BCUT2D eigenvalue weighted by Crippen LogP contribution is 2.38. The van der Waals surface area contributed by atoms with Gasteiger partial charge in [0.15, 0.2) is 0 Å². The third-order valence-electron chi connectivity index (χ3n) is 4.20. The van der Waals surface area contributed by atoms with E-state index in [-0.39, 0.29) is 29.5 Å². The molecule has 132 valence electrons. The number of nitrogens with zero attached hydrogens (tertiary/aromatic N) is 1. The quantitative estimate of drug-likeness (QED) is 0.667. The monoisotopic (exact) mass is 335 g/mol. The average Bonchev–Trinajstić information content (AvgIpc) is 3.33. The Morgan fingerprint density at radius 2 is 1.75 bits per heavy atom. The summed E-state index contributed by atoms with van der Waals surface area (Å²) in [6, 6.07) is 6.54. The lowest BCUT2D eigenvalue weighted by Crippen LogP contribution is -2.32. The molecule has 1 aromatic rings. The molecular weight excluding hydrogens is 309 g/mol. The Morgan fingerprint density at radius 1 is 1.12 bits per heavy atom. The molecule has 5 nitrogen and oxygen atoms in total. The van der Waals surface area contributed by atoms with Crippen molar-refractivity contribution in [1.82, 2.24) is 15.5 Å². The summed E-state index contributed by atoms with van der Waals surface area (Å²) in [5.74, 6) is -0.853. The molecule has 1 fully saturated rings. The van der Waals surface area contributed by atoms with Crippen LogP contribution in [-0.4, -0.2) is 50.4 Å². The van der Waals surface area contributed by atoms with E-state index in [2.05, 4.69) is 15.5 Å². The zero-order valence-corrected chi connectivity index (χ0v) is 14.3. The number of halogens is 1. The fourth-order valence-electron chi connectivity index (χ4n) is 2.67. The largest absolute Gasteiger partial charge is 0.356 e. The molecule has 2 rings (SSSR count). The summed E-state index contributed by atoms with van der Waals surface area (Å²) in [6.07, 6.45) is 1.95. The maximum Gasteiger partial charge on any atom is 0.223 e. The second-order valence-electron chi connectivity index (χ2n) is 6.53. The lowest BCUT2D eigenvalue weighted by Gasteiger charge is -2.10. The van der Waals surface area contributed by atoms with Gasteiger partial charge in [-0.3, -0.25) is 9.59 Å².